The number of nitrogens with two attached hydrogens (primary N) is 1. The highest BCUT2D eigenvalue weighted by Gasteiger charge is 2.06. The molecular formula is C12H15Cl2F2N3S. The van der Waals surface area contributed by atoms with E-state index in [4.69, 9.17) is 5.73 Å². The molecule has 0 bridgehead atoms. The molecule has 0 fully saturated rings. The maximum atomic E-state index is 13.1. The largest absolute Gasteiger partial charge is 0.330 e. The zero-order valence-corrected chi connectivity index (χ0v) is 12.9. The van der Waals surface area contributed by atoms with Gasteiger partial charge in [-0.2, -0.15) is 0 Å². The lowest BCUT2D eigenvalue weighted by Gasteiger charge is -2.07. The Balaban J connectivity index is 0.00000180. The Hall–Kier alpha value is -0.820. The predicted molar refractivity (Wildman–Crippen MR) is 82.0 cm³/mol. The molecule has 0 amide bonds. The molecule has 2 aromatic rings. The van der Waals surface area contributed by atoms with Gasteiger partial charge in [0.25, 0.3) is 0 Å². The summed E-state index contributed by atoms with van der Waals surface area (Å²) in [6.45, 7) is 0.952. The number of aromatic nitrogens is 2. The Morgan fingerprint density at radius 1 is 1.15 bits per heavy atom. The maximum Gasteiger partial charge on any atom is 0.168 e. The second kappa shape index (κ2) is 9.18. The van der Waals surface area contributed by atoms with E-state index in [2.05, 4.69) is 4.98 Å². The van der Waals surface area contributed by atoms with Gasteiger partial charge in [-0.05, 0) is 17.7 Å². The van der Waals surface area contributed by atoms with E-state index >= 15 is 0 Å². The summed E-state index contributed by atoms with van der Waals surface area (Å²) in [5.41, 5.74) is 6.00. The number of rotatable bonds is 5. The van der Waals surface area contributed by atoms with E-state index in [-0.39, 0.29) is 24.8 Å². The summed E-state index contributed by atoms with van der Waals surface area (Å²) in [4.78, 5) is 4.18. The molecule has 0 aliphatic carbocycles. The van der Waals surface area contributed by atoms with Crippen LogP contribution in [0.3, 0.4) is 0 Å². The fraction of sp³-hybridized carbons (Fsp3) is 0.250. The van der Waals surface area contributed by atoms with Gasteiger partial charge >= 0.3 is 0 Å². The standard InChI is InChI=1S/C12H13F2N3S.2ClH/c13-10-5-9(6-11(14)7-10)8-17-3-2-16-12(17)18-4-1-15;;/h2-3,5-7H,1,4,8,15H2;2*1H. The van der Waals surface area contributed by atoms with Crippen LogP contribution in [0.25, 0.3) is 0 Å². The van der Waals surface area contributed by atoms with Crippen LogP contribution >= 0.6 is 36.6 Å². The molecular weight excluding hydrogens is 327 g/mol. The van der Waals surface area contributed by atoms with Crippen LogP contribution < -0.4 is 5.73 Å². The molecule has 1 aromatic carbocycles. The van der Waals surface area contributed by atoms with Crippen LogP contribution in [-0.2, 0) is 6.54 Å². The van der Waals surface area contributed by atoms with Crippen molar-refractivity contribution >= 4 is 36.6 Å². The maximum absolute atomic E-state index is 13.1. The van der Waals surface area contributed by atoms with Crippen molar-refractivity contribution in [2.75, 3.05) is 12.3 Å². The highest BCUT2D eigenvalue weighted by atomic mass is 35.5. The highest BCUT2D eigenvalue weighted by molar-refractivity contribution is 7.99. The van der Waals surface area contributed by atoms with Gasteiger partial charge in [-0.3, -0.25) is 0 Å². The van der Waals surface area contributed by atoms with Crippen LogP contribution in [0.5, 0.6) is 0 Å². The first kappa shape index (κ1) is 19.2. The molecule has 20 heavy (non-hydrogen) atoms. The lowest BCUT2D eigenvalue weighted by Crippen LogP contribution is -2.05. The van der Waals surface area contributed by atoms with Crippen molar-refractivity contribution in [1.29, 1.82) is 0 Å². The van der Waals surface area contributed by atoms with Crippen LogP contribution in [-0.4, -0.2) is 21.8 Å². The number of hydrogen-bond acceptors (Lipinski definition) is 3. The zero-order valence-electron chi connectivity index (χ0n) is 10.5. The molecule has 2 rings (SSSR count). The summed E-state index contributed by atoms with van der Waals surface area (Å²) in [5.74, 6) is -0.378. The molecule has 112 valence electrons. The molecule has 8 heteroatoms. The van der Waals surface area contributed by atoms with Gasteiger partial charge in [-0.25, -0.2) is 13.8 Å². The van der Waals surface area contributed by atoms with Gasteiger partial charge in [0.2, 0.25) is 0 Å². The molecule has 1 heterocycles. The fourth-order valence-corrected chi connectivity index (χ4v) is 2.33. The first-order chi connectivity index (χ1) is 8.69. The van der Waals surface area contributed by atoms with Gasteiger partial charge in [-0.15, -0.1) is 24.8 Å². The predicted octanol–water partition coefficient (Wildman–Crippen LogP) is 3.10. The molecule has 1 aromatic heterocycles. The monoisotopic (exact) mass is 341 g/mol. The third-order valence-electron chi connectivity index (χ3n) is 2.30. The summed E-state index contributed by atoms with van der Waals surface area (Å²) in [6, 6.07) is 3.50. The van der Waals surface area contributed by atoms with Crippen LogP contribution in [0.4, 0.5) is 8.78 Å². The molecule has 0 saturated heterocycles. The Morgan fingerprint density at radius 3 is 2.40 bits per heavy atom. The van der Waals surface area contributed by atoms with Gasteiger partial charge in [-0.1, -0.05) is 11.8 Å². The quantitative estimate of drug-likeness (QED) is 0.850. The van der Waals surface area contributed by atoms with Gasteiger partial charge in [0.1, 0.15) is 11.6 Å². The molecule has 0 atom stereocenters. The Morgan fingerprint density at radius 2 is 1.80 bits per heavy atom. The van der Waals surface area contributed by atoms with Gasteiger partial charge in [0.05, 0.1) is 0 Å². The topological polar surface area (TPSA) is 43.8 Å². The van der Waals surface area contributed by atoms with Gasteiger partial charge < -0.3 is 10.3 Å². The molecule has 0 saturated carbocycles. The molecule has 0 spiro atoms. The van der Waals surface area contributed by atoms with Crippen molar-refractivity contribution in [2.45, 2.75) is 11.7 Å². The van der Waals surface area contributed by atoms with Crippen LogP contribution in [0.2, 0.25) is 0 Å². The highest BCUT2D eigenvalue weighted by Crippen LogP contribution is 2.17. The molecule has 3 nitrogen and oxygen atoms in total. The Kier molecular flexibility index (Phi) is 8.80. The number of benzene rings is 1. The summed E-state index contributed by atoms with van der Waals surface area (Å²) >= 11 is 1.52. The normalized spacial score (nSPS) is 9.75. The first-order valence-corrected chi connectivity index (χ1v) is 6.46. The number of imidazole rings is 1. The average Bonchev–Trinajstić information content (AvgIpc) is 2.72. The van der Waals surface area contributed by atoms with Crippen LogP contribution in [0, 0.1) is 11.6 Å². The van der Waals surface area contributed by atoms with Crippen molar-refractivity contribution in [3.8, 4) is 0 Å². The first-order valence-electron chi connectivity index (χ1n) is 5.48. The SMILES string of the molecule is Cl.Cl.NCCSc1nccn1Cc1cc(F)cc(F)c1. The van der Waals surface area contributed by atoms with Crippen molar-refractivity contribution in [1.82, 2.24) is 9.55 Å². The van der Waals surface area contributed by atoms with E-state index in [1.54, 1.807) is 12.4 Å². The summed E-state index contributed by atoms with van der Waals surface area (Å²) in [7, 11) is 0. The lowest BCUT2D eigenvalue weighted by molar-refractivity contribution is 0.575. The summed E-state index contributed by atoms with van der Waals surface area (Å²) in [6.07, 6.45) is 3.44. The van der Waals surface area contributed by atoms with E-state index in [9.17, 15) is 8.78 Å². The Labute approximate surface area is 132 Å². The lowest BCUT2D eigenvalue weighted by atomic mass is 10.2. The summed E-state index contributed by atoms with van der Waals surface area (Å²) in [5, 5.41) is 0.796. The van der Waals surface area contributed by atoms with E-state index in [1.165, 1.54) is 23.9 Å². The van der Waals surface area contributed by atoms with Crippen LogP contribution in [0.1, 0.15) is 5.56 Å². The van der Waals surface area contributed by atoms with E-state index in [1.807, 2.05) is 4.57 Å². The minimum Gasteiger partial charge on any atom is -0.330 e. The second-order valence-electron chi connectivity index (χ2n) is 3.75. The van der Waals surface area contributed by atoms with Crippen molar-refractivity contribution in [3.05, 3.63) is 47.8 Å². The van der Waals surface area contributed by atoms with Crippen LogP contribution in [0.15, 0.2) is 35.7 Å². The van der Waals surface area contributed by atoms with E-state index in [0.717, 1.165) is 17.0 Å². The third-order valence-corrected chi connectivity index (χ3v) is 3.34. The zero-order chi connectivity index (χ0) is 13.0. The summed E-state index contributed by atoms with van der Waals surface area (Å²) < 4.78 is 28.0. The molecule has 0 aliphatic rings. The van der Waals surface area contributed by atoms with Crippen molar-refractivity contribution in [2.24, 2.45) is 5.73 Å². The van der Waals surface area contributed by atoms with E-state index < -0.39 is 11.6 Å². The number of nitrogens with zero attached hydrogens (tertiary/aromatic N) is 2. The number of halogens is 4. The minimum absolute atomic E-state index is 0. The Bertz CT molecular complexity index is 517. The van der Waals surface area contributed by atoms with E-state index in [0.29, 0.717) is 18.7 Å². The van der Waals surface area contributed by atoms with Gasteiger partial charge in [0, 0.05) is 37.3 Å². The minimum atomic E-state index is -0.568. The fourth-order valence-electron chi connectivity index (χ4n) is 1.61. The number of hydrogen-bond donors (Lipinski definition) is 1. The second-order valence-corrected chi connectivity index (χ2v) is 4.81. The molecule has 0 unspecified atom stereocenters. The molecule has 0 aliphatic heterocycles. The molecule has 2 N–H and O–H groups in total. The van der Waals surface area contributed by atoms with Gasteiger partial charge in [0.15, 0.2) is 5.16 Å². The van der Waals surface area contributed by atoms with Crippen molar-refractivity contribution < 1.29 is 8.78 Å². The third kappa shape index (κ3) is 5.28. The number of thioether (sulfide) groups is 1. The molecule has 0 radical (unpaired) electrons. The smallest absolute Gasteiger partial charge is 0.168 e. The average molecular weight is 342 g/mol. The van der Waals surface area contributed by atoms with Crippen molar-refractivity contribution in [3.63, 3.8) is 0 Å².